The largest absolute Gasteiger partial charge is 0.384 e. The van der Waals surface area contributed by atoms with Crippen molar-refractivity contribution in [1.29, 1.82) is 0 Å². The number of thioether (sulfide) groups is 1. The Morgan fingerprint density at radius 3 is 3.11 bits per heavy atom. The zero-order valence-corrected chi connectivity index (χ0v) is 11.9. The molecule has 3 nitrogen and oxygen atoms in total. The molecule has 1 aromatic rings. The van der Waals surface area contributed by atoms with Gasteiger partial charge in [0.05, 0.1) is 16.0 Å². The second-order valence-corrected chi connectivity index (χ2v) is 5.86. The summed E-state index contributed by atoms with van der Waals surface area (Å²) >= 11 is 7.74. The van der Waals surface area contributed by atoms with Crippen LogP contribution in [0.15, 0.2) is 18.2 Å². The van der Waals surface area contributed by atoms with Crippen LogP contribution in [0, 0.1) is 11.8 Å². The van der Waals surface area contributed by atoms with Gasteiger partial charge in [-0.15, -0.1) is 11.8 Å². The van der Waals surface area contributed by atoms with Crippen molar-refractivity contribution in [3.8, 4) is 11.8 Å². The second kappa shape index (κ2) is 6.85. The lowest BCUT2D eigenvalue weighted by molar-refractivity contribution is -0.115. The quantitative estimate of drug-likeness (QED) is 0.824. The van der Waals surface area contributed by atoms with E-state index in [4.69, 9.17) is 16.7 Å². The van der Waals surface area contributed by atoms with E-state index in [0.717, 1.165) is 18.6 Å². The third-order valence-electron chi connectivity index (χ3n) is 2.76. The van der Waals surface area contributed by atoms with Gasteiger partial charge in [0.2, 0.25) is 5.91 Å². The van der Waals surface area contributed by atoms with Gasteiger partial charge in [-0.25, -0.2) is 0 Å². The number of halogens is 1. The number of hydrogen-bond donors (Lipinski definition) is 2. The lowest BCUT2D eigenvalue weighted by atomic mass is 10.2. The minimum absolute atomic E-state index is 0.00309. The van der Waals surface area contributed by atoms with E-state index < -0.39 is 0 Å². The minimum atomic E-state index is -0.191. The number of benzene rings is 1. The molecule has 0 spiro atoms. The first kappa shape index (κ1) is 14.3. The highest BCUT2D eigenvalue weighted by Crippen LogP contribution is 2.29. The Labute approximate surface area is 121 Å². The molecule has 0 aliphatic carbocycles. The predicted octanol–water partition coefficient (Wildman–Crippen LogP) is 2.52. The molecule has 1 atom stereocenters. The van der Waals surface area contributed by atoms with Crippen LogP contribution in [-0.4, -0.2) is 28.6 Å². The molecule has 1 aliphatic heterocycles. The number of aliphatic hydroxyl groups excluding tert-OH is 1. The molecular formula is C14H14ClNO2S. The highest BCUT2D eigenvalue weighted by atomic mass is 35.5. The Hall–Kier alpha value is -1.15. The van der Waals surface area contributed by atoms with Crippen LogP contribution in [0.3, 0.4) is 0 Å². The third-order valence-corrected chi connectivity index (χ3v) is 4.46. The van der Waals surface area contributed by atoms with E-state index in [0.29, 0.717) is 16.3 Å². The van der Waals surface area contributed by atoms with Crippen LogP contribution in [-0.2, 0) is 4.79 Å². The first-order chi connectivity index (χ1) is 9.20. The van der Waals surface area contributed by atoms with Crippen molar-refractivity contribution >= 4 is 35.0 Å². The van der Waals surface area contributed by atoms with Crippen LogP contribution in [0.4, 0.5) is 5.69 Å². The van der Waals surface area contributed by atoms with Gasteiger partial charge >= 0.3 is 0 Å². The maximum Gasteiger partial charge on any atom is 0.237 e. The SMILES string of the molecule is O=C(Nc1cc(C#CCO)ccc1Cl)C1CCCS1. The van der Waals surface area contributed by atoms with Crippen molar-refractivity contribution in [3.63, 3.8) is 0 Å². The molecule has 1 aliphatic rings. The van der Waals surface area contributed by atoms with E-state index in [-0.39, 0.29) is 17.8 Å². The Bertz CT molecular complexity index is 530. The molecule has 1 aromatic carbocycles. The Morgan fingerprint density at radius 2 is 2.42 bits per heavy atom. The maximum absolute atomic E-state index is 12.0. The first-order valence-corrected chi connectivity index (χ1v) is 7.45. The summed E-state index contributed by atoms with van der Waals surface area (Å²) in [5, 5.41) is 12.0. The van der Waals surface area contributed by atoms with E-state index in [1.807, 2.05) is 0 Å². The minimum Gasteiger partial charge on any atom is -0.384 e. The first-order valence-electron chi connectivity index (χ1n) is 6.02. The van der Waals surface area contributed by atoms with E-state index in [2.05, 4.69) is 17.2 Å². The van der Waals surface area contributed by atoms with Gasteiger partial charge in [0.1, 0.15) is 6.61 Å². The summed E-state index contributed by atoms with van der Waals surface area (Å²) in [4.78, 5) is 12.0. The summed E-state index contributed by atoms with van der Waals surface area (Å²) < 4.78 is 0. The second-order valence-electron chi connectivity index (χ2n) is 4.15. The van der Waals surface area contributed by atoms with Gasteiger partial charge in [-0.1, -0.05) is 23.4 Å². The molecule has 1 unspecified atom stereocenters. The maximum atomic E-state index is 12.0. The Kier molecular flexibility index (Phi) is 5.15. The topological polar surface area (TPSA) is 49.3 Å². The van der Waals surface area contributed by atoms with Crippen LogP contribution in [0.1, 0.15) is 18.4 Å². The fourth-order valence-electron chi connectivity index (χ4n) is 1.84. The van der Waals surface area contributed by atoms with E-state index in [1.165, 1.54) is 0 Å². The van der Waals surface area contributed by atoms with Crippen molar-refractivity contribution in [2.75, 3.05) is 17.7 Å². The normalized spacial score (nSPS) is 17.7. The molecule has 1 saturated heterocycles. The summed E-state index contributed by atoms with van der Waals surface area (Å²) in [6.07, 6.45) is 2.00. The highest BCUT2D eigenvalue weighted by Gasteiger charge is 2.23. The summed E-state index contributed by atoms with van der Waals surface area (Å²) in [5.41, 5.74) is 1.29. The molecular weight excluding hydrogens is 282 g/mol. The van der Waals surface area contributed by atoms with Crippen LogP contribution in [0.5, 0.6) is 0 Å². The molecule has 0 saturated carbocycles. The molecule has 2 N–H and O–H groups in total. The standard InChI is InChI=1S/C14H14ClNO2S/c15-11-6-5-10(3-1-7-17)9-12(11)16-14(18)13-4-2-8-19-13/h5-6,9,13,17H,2,4,7-8H2,(H,16,18). The average molecular weight is 296 g/mol. The molecule has 5 heteroatoms. The van der Waals surface area contributed by atoms with Crippen LogP contribution in [0.2, 0.25) is 5.02 Å². The number of nitrogens with one attached hydrogen (secondary N) is 1. The third kappa shape index (κ3) is 3.90. The highest BCUT2D eigenvalue weighted by molar-refractivity contribution is 8.00. The lowest BCUT2D eigenvalue weighted by Crippen LogP contribution is -2.23. The van der Waals surface area contributed by atoms with Gasteiger partial charge in [0.25, 0.3) is 0 Å². The number of rotatable bonds is 2. The molecule has 0 bridgehead atoms. The molecule has 100 valence electrons. The van der Waals surface area contributed by atoms with Crippen LogP contribution >= 0.6 is 23.4 Å². The zero-order valence-electron chi connectivity index (χ0n) is 10.3. The number of amides is 1. The van der Waals surface area contributed by atoms with E-state index in [1.54, 1.807) is 30.0 Å². The van der Waals surface area contributed by atoms with Crippen LogP contribution in [0.25, 0.3) is 0 Å². The molecule has 0 aromatic heterocycles. The van der Waals surface area contributed by atoms with Gasteiger partial charge in [-0.3, -0.25) is 4.79 Å². The van der Waals surface area contributed by atoms with Gasteiger partial charge in [-0.05, 0) is 36.8 Å². The Morgan fingerprint density at radius 1 is 1.58 bits per heavy atom. The molecule has 1 heterocycles. The summed E-state index contributed by atoms with van der Waals surface area (Å²) in [7, 11) is 0. The van der Waals surface area contributed by atoms with Crippen molar-refractivity contribution < 1.29 is 9.90 Å². The van der Waals surface area contributed by atoms with E-state index >= 15 is 0 Å². The van der Waals surface area contributed by atoms with Crippen molar-refractivity contribution in [2.24, 2.45) is 0 Å². The fourth-order valence-corrected chi connectivity index (χ4v) is 3.16. The van der Waals surface area contributed by atoms with Crippen molar-refractivity contribution in [2.45, 2.75) is 18.1 Å². The summed E-state index contributed by atoms with van der Waals surface area (Å²) in [5.74, 6) is 6.39. The van der Waals surface area contributed by atoms with Crippen molar-refractivity contribution in [1.82, 2.24) is 0 Å². The smallest absolute Gasteiger partial charge is 0.237 e. The molecule has 1 amide bonds. The van der Waals surface area contributed by atoms with Crippen molar-refractivity contribution in [3.05, 3.63) is 28.8 Å². The number of carbonyl (C=O) groups is 1. The molecule has 1 fully saturated rings. The predicted molar refractivity (Wildman–Crippen MR) is 79.5 cm³/mol. The number of anilines is 1. The summed E-state index contributed by atoms with van der Waals surface area (Å²) in [6, 6.07) is 5.17. The number of aliphatic hydroxyl groups is 1. The fraction of sp³-hybridized carbons (Fsp3) is 0.357. The zero-order chi connectivity index (χ0) is 13.7. The molecule has 0 radical (unpaired) electrons. The van der Waals surface area contributed by atoms with Gasteiger partial charge < -0.3 is 10.4 Å². The van der Waals surface area contributed by atoms with Gasteiger partial charge in [0, 0.05) is 5.56 Å². The van der Waals surface area contributed by atoms with E-state index in [9.17, 15) is 4.79 Å². The Balaban J connectivity index is 2.12. The average Bonchev–Trinajstić information content (AvgIpc) is 2.93. The number of hydrogen-bond acceptors (Lipinski definition) is 3. The van der Waals surface area contributed by atoms with Gasteiger partial charge in [0.15, 0.2) is 0 Å². The molecule has 19 heavy (non-hydrogen) atoms. The summed E-state index contributed by atoms with van der Waals surface area (Å²) in [6.45, 7) is -0.191. The lowest BCUT2D eigenvalue weighted by Gasteiger charge is -2.11. The van der Waals surface area contributed by atoms with Gasteiger partial charge in [-0.2, -0.15) is 0 Å². The molecule has 2 rings (SSSR count). The van der Waals surface area contributed by atoms with Crippen LogP contribution < -0.4 is 5.32 Å². The number of carbonyl (C=O) groups excluding carboxylic acids is 1. The monoisotopic (exact) mass is 295 g/mol.